The first-order valence-corrected chi connectivity index (χ1v) is 8.54. The van der Waals surface area contributed by atoms with Gasteiger partial charge in [0.2, 0.25) is 0 Å². The third-order valence-corrected chi connectivity index (χ3v) is 4.39. The van der Waals surface area contributed by atoms with Crippen LogP contribution in [0.25, 0.3) is 6.08 Å². The lowest BCUT2D eigenvalue weighted by Crippen LogP contribution is -2.38. The normalized spacial score (nSPS) is 17.1. The molecule has 7 heteroatoms. The summed E-state index contributed by atoms with van der Waals surface area (Å²) >= 11 is 0. The van der Waals surface area contributed by atoms with Gasteiger partial charge in [0.1, 0.15) is 11.8 Å². The lowest BCUT2D eigenvalue weighted by Gasteiger charge is -2.34. The summed E-state index contributed by atoms with van der Waals surface area (Å²) in [5.74, 6) is -0.513. The number of hydrogen-bond donors (Lipinski definition) is 0. The molecule has 1 saturated heterocycles. The number of methoxy groups -OCH3 is 1. The van der Waals surface area contributed by atoms with E-state index < -0.39 is 10.9 Å². The van der Waals surface area contributed by atoms with E-state index in [-0.39, 0.29) is 11.8 Å². The van der Waals surface area contributed by atoms with Crippen molar-refractivity contribution in [2.75, 3.05) is 31.7 Å². The minimum atomic E-state index is -0.513. The predicted octanol–water partition coefficient (Wildman–Crippen LogP) is 3.36. The van der Waals surface area contributed by atoms with Gasteiger partial charge >= 0.3 is 5.97 Å². The Morgan fingerprint density at radius 1 is 1.30 bits per heavy atom. The minimum absolute atomic E-state index is 0.00396. The van der Waals surface area contributed by atoms with Crippen LogP contribution in [-0.4, -0.2) is 37.7 Å². The number of carbonyl (C=O) groups is 1. The molecule has 1 unspecified atom stereocenters. The molecule has 0 radical (unpaired) electrons. The number of ether oxygens (including phenoxy) is 2. The number of esters is 1. The highest BCUT2D eigenvalue weighted by molar-refractivity contribution is 5.87. The first-order chi connectivity index (χ1) is 13.1. The molecular formula is C20H20N2O5. The third-order valence-electron chi connectivity index (χ3n) is 4.39. The van der Waals surface area contributed by atoms with Crippen LogP contribution in [0.2, 0.25) is 0 Å². The second kappa shape index (κ2) is 8.46. The average Bonchev–Trinajstić information content (AvgIpc) is 2.72. The zero-order chi connectivity index (χ0) is 19.2. The van der Waals surface area contributed by atoms with E-state index in [1.54, 1.807) is 12.1 Å². The lowest BCUT2D eigenvalue weighted by atomic mass is 10.1. The van der Waals surface area contributed by atoms with Gasteiger partial charge in [-0.3, -0.25) is 10.1 Å². The number of rotatable bonds is 5. The fourth-order valence-corrected chi connectivity index (χ4v) is 3.03. The van der Waals surface area contributed by atoms with Crippen LogP contribution >= 0.6 is 0 Å². The van der Waals surface area contributed by atoms with E-state index >= 15 is 0 Å². The summed E-state index contributed by atoms with van der Waals surface area (Å²) < 4.78 is 10.4. The molecule has 0 aromatic heterocycles. The summed E-state index contributed by atoms with van der Waals surface area (Å²) in [6, 6.07) is 14.7. The summed E-state index contributed by atoms with van der Waals surface area (Å²) in [5, 5.41) is 11.6. The van der Waals surface area contributed by atoms with Gasteiger partial charge in [-0.15, -0.1) is 0 Å². The molecule has 1 atom stereocenters. The standard InChI is InChI=1S/C20H20N2O5/c1-26-20(23)10-8-15-7-9-17(18(13-15)22(24)25)21-11-12-27-19(14-21)16-5-3-2-4-6-16/h2-10,13,19H,11-12,14H2,1H3/b10-8+. The molecule has 0 spiro atoms. The number of morpholine rings is 1. The van der Waals surface area contributed by atoms with Crippen molar-refractivity contribution in [3.63, 3.8) is 0 Å². The lowest BCUT2D eigenvalue weighted by molar-refractivity contribution is -0.384. The number of benzene rings is 2. The van der Waals surface area contributed by atoms with Crippen LogP contribution in [0.3, 0.4) is 0 Å². The van der Waals surface area contributed by atoms with E-state index in [1.807, 2.05) is 35.2 Å². The maximum atomic E-state index is 11.6. The van der Waals surface area contributed by atoms with Crippen molar-refractivity contribution in [1.29, 1.82) is 0 Å². The second-order valence-electron chi connectivity index (χ2n) is 6.08. The monoisotopic (exact) mass is 368 g/mol. The highest BCUT2D eigenvalue weighted by atomic mass is 16.6. The molecule has 0 N–H and O–H groups in total. The molecule has 3 rings (SSSR count). The summed E-state index contributed by atoms with van der Waals surface area (Å²) in [6.45, 7) is 1.59. The molecule has 2 aromatic rings. The first-order valence-electron chi connectivity index (χ1n) is 8.54. The van der Waals surface area contributed by atoms with Crippen LogP contribution in [-0.2, 0) is 14.3 Å². The number of carbonyl (C=O) groups excluding carboxylic acids is 1. The van der Waals surface area contributed by atoms with Crippen molar-refractivity contribution in [2.45, 2.75) is 6.10 Å². The van der Waals surface area contributed by atoms with Gasteiger partial charge in [-0.2, -0.15) is 0 Å². The molecule has 1 aliphatic rings. The Balaban J connectivity index is 1.85. The Bertz CT molecular complexity index is 851. The number of hydrogen-bond acceptors (Lipinski definition) is 6. The summed E-state index contributed by atoms with van der Waals surface area (Å²) in [4.78, 5) is 24.4. The summed E-state index contributed by atoms with van der Waals surface area (Å²) in [7, 11) is 1.28. The van der Waals surface area contributed by atoms with Gasteiger partial charge in [0.25, 0.3) is 5.69 Å². The van der Waals surface area contributed by atoms with Gasteiger partial charge in [-0.1, -0.05) is 36.4 Å². The minimum Gasteiger partial charge on any atom is -0.466 e. The molecule has 2 aromatic carbocycles. The molecular weight excluding hydrogens is 348 g/mol. The molecule has 140 valence electrons. The van der Waals surface area contributed by atoms with Crippen LogP contribution in [0.1, 0.15) is 17.2 Å². The Morgan fingerprint density at radius 3 is 2.78 bits per heavy atom. The molecule has 0 saturated carbocycles. The third kappa shape index (κ3) is 4.51. The van der Waals surface area contributed by atoms with Crippen molar-refractivity contribution in [1.82, 2.24) is 0 Å². The molecule has 27 heavy (non-hydrogen) atoms. The maximum absolute atomic E-state index is 11.6. The van der Waals surface area contributed by atoms with E-state index in [2.05, 4.69) is 4.74 Å². The van der Waals surface area contributed by atoms with Crippen molar-refractivity contribution in [3.05, 3.63) is 75.8 Å². The van der Waals surface area contributed by atoms with Crippen molar-refractivity contribution < 1.29 is 19.2 Å². The molecule has 0 aliphatic carbocycles. The number of nitrogens with zero attached hydrogens (tertiary/aromatic N) is 2. The van der Waals surface area contributed by atoms with E-state index in [1.165, 1.54) is 25.3 Å². The van der Waals surface area contributed by atoms with Gasteiger partial charge in [-0.25, -0.2) is 4.79 Å². The van der Waals surface area contributed by atoms with Crippen LogP contribution in [0.15, 0.2) is 54.6 Å². The fraction of sp³-hybridized carbons (Fsp3) is 0.250. The second-order valence-corrected chi connectivity index (χ2v) is 6.08. The van der Waals surface area contributed by atoms with Gasteiger partial charge in [0.05, 0.1) is 18.6 Å². The van der Waals surface area contributed by atoms with Crippen molar-refractivity contribution in [3.8, 4) is 0 Å². The van der Waals surface area contributed by atoms with Gasteiger partial charge < -0.3 is 14.4 Å². The highest BCUT2D eigenvalue weighted by Gasteiger charge is 2.27. The zero-order valence-electron chi connectivity index (χ0n) is 14.9. The molecule has 1 heterocycles. The molecule has 0 bridgehead atoms. The Kier molecular flexibility index (Phi) is 5.83. The predicted molar refractivity (Wildman–Crippen MR) is 101 cm³/mol. The average molecular weight is 368 g/mol. The maximum Gasteiger partial charge on any atom is 0.330 e. The van der Waals surface area contributed by atoms with E-state index in [4.69, 9.17) is 4.74 Å². The zero-order valence-corrected chi connectivity index (χ0v) is 14.9. The van der Waals surface area contributed by atoms with Crippen LogP contribution in [0.5, 0.6) is 0 Å². The number of nitro groups is 1. The quantitative estimate of drug-likeness (QED) is 0.348. The molecule has 1 fully saturated rings. The number of anilines is 1. The smallest absolute Gasteiger partial charge is 0.330 e. The Morgan fingerprint density at radius 2 is 2.07 bits per heavy atom. The van der Waals surface area contributed by atoms with Crippen LogP contribution in [0, 0.1) is 10.1 Å². The van der Waals surface area contributed by atoms with Crippen molar-refractivity contribution >= 4 is 23.4 Å². The number of nitro benzene ring substituents is 1. The van der Waals surface area contributed by atoms with Gasteiger partial charge in [0, 0.05) is 25.2 Å². The SMILES string of the molecule is COC(=O)/C=C/c1ccc(N2CCOC(c3ccccc3)C2)c([N+](=O)[O-])c1. The van der Waals surface area contributed by atoms with E-state index in [9.17, 15) is 14.9 Å². The largest absolute Gasteiger partial charge is 0.466 e. The van der Waals surface area contributed by atoms with Crippen LogP contribution < -0.4 is 4.90 Å². The van der Waals surface area contributed by atoms with Gasteiger partial charge in [0.15, 0.2) is 0 Å². The van der Waals surface area contributed by atoms with Crippen molar-refractivity contribution in [2.24, 2.45) is 0 Å². The van der Waals surface area contributed by atoms with E-state index in [0.29, 0.717) is 30.9 Å². The molecule has 1 aliphatic heterocycles. The first kappa shape index (κ1) is 18.6. The van der Waals surface area contributed by atoms with E-state index in [0.717, 1.165) is 5.56 Å². The molecule has 0 amide bonds. The fourth-order valence-electron chi connectivity index (χ4n) is 3.03. The molecule has 7 nitrogen and oxygen atoms in total. The highest BCUT2D eigenvalue weighted by Crippen LogP contribution is 2.33. The van der Waals surface area contributed by atoms with Gasteiger partial charge in [-0.05, 0) is 23.3 Å². The Labute approximate surface area is 157 Å². The summed E-state index contributed by atoms with van der Waals surface area (Å²) in [6.07, 6.45) is 2.59. The topological polar surface area (TPSA) is 81.9 Å². The Hall–Kier alpha value is -3.19. The van der Waals surface area contributed by atoms with Crippen LogP contribution in [0.4, 0.5) is 11.4 Å². The summed E-state index contributed by atoms with van der Waals surface area (Å²) in [5.41, 5.74) is 2.14.